The molecular weight excluding hydrogens is 212 g/mol. The zero-order valence-electron chi connectivity index (χ0n) is 10.3. The zero-order chi connectivity index (χ0) is 12.4. The summed E-state index contributed by atoms with van der Waals surface area (Å²) in [5.74, 6) is 0.885. The van der Waals surface area contributed by atoms with Gasteiger partial charge in [-0.05, 0) is 48.2 Å². The molecule has 0 saturated carbocycles. The predicted molar refractivity (Wildman–Crippen MR) is 69.6 cm³/mol. The van der Waals surface area contributed by atoms with Crippen LogP contribution >= 0.6 is 0 Å². The van der Waals surface area contributed by atoms with Crippen molar-refractivity contribution in [1.82, 2.24) is 0 Å². The van der Waals surface area contributed by atoms with Gasteiger partial charge in [-0.15, -0.1) is 0 Å². The minimum atomic E-state index is 0.220. The van der Waals surface area contributed by atoms with E-state index in [0.29, 0.717) is 5.75 Å². The lowest BCUT2D eigenvalue weighted by Gasteiger charge is -2.08. The molecule has 0 aromatic heterocycles. The largest absolute Gasteiger partial charge is 0.508 e. The van der Waals surface area contributed by atoms with Crippen molar-refractivity contribution in [3.05, 3.63) is 47.5 Å². The summed E-state index contributed by atoms with van der Waals surface area (Å²) in [6.07, 6.45) is 0. The molecule has 1 N–H and O–H groups in total. The summed E-state index contributed by atoms with van der Waals surface area (Å²) in [4.78, 5) is 0. The van der Waals surface area contributed by atoms with Crippen LogP contribution in [0.3, 0.4) is 0 Å². The maximum Gasteiger partial charge on any atom is 0.123 e. The molecule has 0 aliphatic heterocycles. The lowest BCUT2D eigenvalue weighted by atomic mass is 10.0. The molecule has 0 amide bonds. The second-order valence-electron chi connectivity index (χ2n) is 4.22. The molecular formula is C15H16O2. The van der Waals surface area contributed by atoms with Gasteiger partial charge in [-0.25, -0.2) is 0 Å². The minimum Gasteiger partial charge on any atom is -0.508 e. The number of hydrogen-bond donors (Lipinski definition) is 1. The number of rotatable bonds is 2. The van der Waals surface area contributed by atoms with Gasteiger partial charge in [0.05, 0.1) is 7.11 Å². The van der Waals surface area contributed by atoms with Gasteiger partial charge in [0.1, 0.15) is 11.5 Å². The molecule has 0 fully saturated rings. The molecule has 0 radical (unpaired) electrons. The summed E-state index contributed by atoms with van der Waals surface area (Å²) < 4.78 is 5.15. The zero-order valence-corrected chi connectivity index (χ0v) is 10.3. The highest BCUT2D eigenvalue weighted by atomic mass is 16.5. The molecule has 0 bridgehead atoms. The van der Waals surface area contributed by atoms with Crippen LogP contribution in [0.2, 0.25) is 0 Å². The highest BCUT2D eigenvalue weighted by Crippen LogP contribution is 2.30. The number of aromatic hydroxyl groups is 1. The average molecular weight is 228 g/mol. The van der Waals surface area contributed by atoms with Gasteiger partial charge in [-0.1, -0.05) is 18.2 Å². The molecule has 0 aliphatic carbocycles. The Bertz CT molecular complexity index is 545. The molecule has 0 unspecified atom stereocenters. The Morgan fingerprint density at radius 2 is 1.65 bits per heavy atom. The Morgan fingerprint density at radius 1 is 0.882 bits per heavy atom. The van der Waals surface area contributed by atoms with Crippen LogP contribution in [-0.4, -0.2) is 12.2 Å². The van der Waals surface area contributed by atoms with Gasteiger partial charge in [0.2, 0.25) is 0 Å². The van der Waals surface area contributed by atoms with Gasteiger partial charge in [0, 0.05) is 6.07 Å². The van der Waals surface area contributed by atoms with E-state index in [9.17, 15) is 5.11 Å². The number of benzene rings is 2. The molecule has 2 aromatic rings. The molecule has 17 heavy (non-hydrogen) atoms. The standard InChI is InChI=1S/C15H16O2/c1-10-4-5-12(6-11(10)2)13-7-14(16)9-15(8-13)17-3/h4-9,16H,1-3H3. The molecule has 2 aromatic carbocycles. The highest BCUT2D eigenvalue weighted by Gasteiger charge is 2.04. The smallest absolute Gasteiger partial charge is 0.123 e. The molecule has 0 aliphatic rings. The maximum atomic E-state index is 9.63. The first kappa shape index (κ1) is 11.5. The third kappa shape index (κ3) is 2.41. The first-order valence-corrected chi connectivity index (χ1v) is 5.56. The van der Waals surface area contributed by atoms with Crippen molar-refractivity contribution in [2.45, 2.75) is 13.8 Å². The topological polar surface area (TPSA) is 29.5 Å². The van der Waals surface area contributed by atoms with Crippen molar-refractivity contribution >= 4 is 0 Å². The fourth-order valence-electron chi connectivity index (χ4n) is 1.79. The lowest BCUT2D eigenvalue weighted by molar-refractivity contribution is 0.408. The monoisotopic (exact) mass is 228 g/mol. The van der Waals surface area contributed by atoms with E-state index in [1.165, 1.54) is 11.1 Å². The molecule has 2 nitrogen and oxygen atoms in total. The van der Waals surface area contributed by atoms with Gasteiger partial charge >= 0.3 is 0 Å². The van der Waals surface area contributed by atoms with Gasteiger partial charge in [-0.2, -0.15) is 0 Å². The number of phenolic OH excluding ortho intramolecular Hbond substituents is 1. The van der Waals surface area contributed by atoms with E-state index in [4.69, 9.17) is 4.74 Å². The predicted octanol–water partition coefficient (Wildman–Crippen LogP) is 3.68. The van der Waals surface area contributed by atoms with Crippen LogP contribution in [-0.2, 0) is 0 Å². The Morgan fingerprint density at radius 3 is 2.29 bits per heavy atom. The van der Waals surface area contributed by atoms with Crippen molar-refractivity contribution in [1.29, 1.82) is 0 Å². The van der Waals surface area contributed by atoms with Crippen molar-refractivity contribution in [2.75, 3.05) is 7.11 Å². The molecule has 2 rings (SSSR count). The van der Waals surface area contributed by atoms with Crippen LogP contribution in [0.1, 0.15) is 11.1 Å². The Hall–Kier alpha value is -1.96. The van der Waals surface area contributed by atoms with E-state index in [0.717, 1.165) is 11.1 Å². The molecule has 2 heteroatoms. The van der Waals surface area contributed by atoms with Crippen LogP contribution in [0.4, 0.5) is 0 Å². The van der Waals surface area contributed by atoms with E-state index < -0.39 is 0 Å². The molecule has 88 valence electrons. The van der Waals surface area contributed by atoms with Gasteiger partial charge in [0.15, 0.2) is 0 Å². The van der Waals surface area contributed by atoms with Crippen LogP contribution < -0.4 is 4.74 Å². The SMILES string of the molecule is COc1cc(O)cc(-c2ccc(C)c(C)c2)c1. The Labute approximate surface area is 101 Å². The number of aryl methyl sites for hydroxylation is 2. The van der Waals surface area contributed by atoms with Gasteiger partial charge in [-0.3, -0.25) is 0 Å². The Kier molecular flexibility index (Phi) is 3.05. The molecule has 0 atom stereocenters. The van der Waals surface area contributed by atoms with E-state index >= 15 is 0 Å². The number of ether oxygens (including phenoxy) is 1. The third-order valence-corrected chi connectivity index (χ3v) is 2.97. The first-order valence-electron chi connectivity index (χ1n) is 5.56. The fourth-order valence-corrected chi connectivity index (χ4v) is 1.79. The normalized spacial score (nSPS) is 10.3. The third-order valence-electron chi connectivity index (χ3n) is 2.97. The second-order valence-corrected chi connectivity index (χ2v) is 4.22. The van der Waals surface area contributed by atoms with E-state index in [1.807, 2.05) is 6.07 Å². The summed E-state index contributed by atoms with van der Waals surface area (Å²) in [6, 6.07) is 11.5. The fraction of sp³-hybridized carbons (Fsp3) is 0.200. The van der Waals surface area contributed by atoms with Crippen molar-refractivity contribution < 1.29 is 9.84 Å². The van der Waals surface area contributed by atoms with Crippen molar-refractivity contribution in [3.8, 4) is 22.6 Å². The number of phenols is 1. The average Bonchev–Trinajstić information content (AvgIpc) is 2.32. The molecule has 0 spiro atoms. The summed E-state index contributed by atoms with van der Waals surface area (Å²) in [7, 11) is 1.60. The van der Waals surface area contributed by atoms with Crippen LogP contribution in [0.25, 0.3) is 11.1 Å². The summed E-state index contributed by atoms with van der Waals surface area (Å²) in [6.45, 7) is 4.17. The number of methoxy groups -OCH3 is 1. The second kappa shape index (κ2) is 4.50. The van der Waals surface area contributed by atoms with Gasteiger partial charge in [0.25, 0.3) is 0 Å². The minimum absolute atomic E-state index is 0.220. The lowest BCUT2D eigenvalue weighted by Crippen LogP contribution is -1.86. The molecule has 0 saturated heterocycles. The maximum absolute atomic E-state index is 9.63. The van der Waals surface area contributed by atoms with Crippen LogP contribution in [0, 0.1) is 13.8 Å². The van der Waals surface area contributed by atoms with Crippen molar-refractivity contribution in [3.63, 3.8) is 0 Å². The van der Waals surface area contributed by atoms with E-state index in [-0.39, 0.29) is 5.75 Å². The van der Waals surface area contributed by atoms with Crippen LogP contribution in [0.5, 0.6) is 11.5 Å². The summed E-state index contributed by atoms with van der Waals surface area (Å²) in [5, 5.41) is 9.63. The quantitative estimate of drug-likeness (QED) is 0.849. The highest BCUT2D eigenvalue weighted by molar-refractivity contribution is 5.68. The Balaban J connectivity index is 2.52. The van der Waals surface area contributed by atoms with E-state index in [1.54, 1.807) is 19.2 Å². The molecule has 0 heterocycles. The van der Waals surface area contributed by atoms with Crippen molar-refractivity contribution in [2.24, 2.45) is 0 Å². The summed E-state index contributed by atoms with van der Waals surface area (Å²) >= 11 is 0. The van der Waals surface area contributed by atoms with E-state index in [2.05, 4.69) is 32.0 Å². The number of hydrogen-bond acceptors (Lipinski definition) is 2. The van der Waals surface area contributed by atoms with Crippen LogP contribution in [0.15, 0.2) is 36.4 Å². The van der Waals surface area contributed by atoms with Gasteiger partial charge < -0.3 is 9.84 Å². The first-order chi connectivity index (χ1) is 8.10. The summed E-state index contributed by atoms with van der Waals surface area (Å²) in [5.41, 5.74) is 4.55.